The van der Waals surface area contributed by atoms with Gasteiger partial charge in [0.05, 0.1) is 23.8 Å². The van der Waals surface area contributed by atoms with Crippen molar-refractivity contribution in [2.45, 2.75) is 26.1 Å². The van der Waals surface area contributed by atoms with E-state index in [9.17, 15) is 4.79 Å². The number of ether oxygens (including phenoxy) is 1. The molecule has 2 aliphatic rings. The minimum absolute atomic E-state index is 0.00379. The molecule has 1 aromatic carbocycles. The third-order valence-corrected chi connectivity index (χ3v) is 6.94. The number of benzene rings is 1. The van der Waals surface area contributed by atoms with Crippen molar-refractivity contribution in [1.29, 1.82) is 0 Å². The molecule has 0 spiro atoms. The van der Waals surface area contributed by atoms with Crippen molar-refractivity contribution < 1.29 is 14.1 Å². The average Bonchev–Trinajstić information content (AvgIpc) is 3.39. The largest absolute Gasteiger partial charge is 0.372 e. The Kier molecular flexibility index (Phi) is 5.41. The second-order valence-corrected chi connectivity index (χ2v) is 9.53. The van der Waals surface area contributed by atoms with E-state index in [1.54, 1.807) is 6.20 Å². The summed E-state index contributed by atoms with van der Waals surface area (Å²) in [4.78, 5) is 24.6. The summed E-state index contributed by atoms with van der Waals surface area (Å²) in [5, 5.41) is 5.89. The summed E-state index contributed by atoms with van der Waals surface area (Å²) < 4.78 is 11.4. The van der Waals surface area contributed by atoms with Crippen LogP contribution in [-0.4, -0.2) is 84.4 Å². The van der Waals surface area contributed by atoms with E-state index in [4.69, 9.17) is 9.26 Å². The number of carbonyl (C=O) groups is 1. The van der Waals surface area contributed by atoms with Crippen molar-refractivity contribution in [3.05, 3.63) is 29.3 Å². The minimum Gasteiger partial charge on any atom is -0.372 e. The molecule has 9 heteroatoms. The van der Waals surface area contributed by atoms with E-state index in [0.29, 0.717) is 28.7 Å². The van der Waals surface area contributed by atoms with Crippen LogP contribution in [0.5, 0.6) is 0 Å². The summed E-state index contributed by atoms with van der Waals surface area (Å²) in [5.41, 5.74) is 2.58. The molecule has 5 rings (SSSR count). The SMILES string of the molecule is C[C@@H]1CN(C(=O)c2cnc(-c3noc4cc(N5CCN(C)CC5)ccc34)s2)C[C@@H](C)O1. The number of likely N-dealkylation sites (N-methyl/N-ethyl adjacent to an activating group) is 1. The Hall–Kier alpha value is -2.49. The summed E-state index contributed by atoms with van der Waals surface area (Å²) in [5.74, 6) is -0.00379. The zero-order chi connectivity index (χ0) is 21.5. The Morgan fingerprint density at radius 3 is 2.61 bits per heavy atom. The van der Waals surface area contributed by atoms with Gasteiger partial charge in [0.1, 0.15) is 15.6 Å². The molecule has 0 unspecified atom stereocenters. The molecule has 2 aliphatic heterocycles. The molecule has 31 heavy (non-hydrogen) atoms. The summed E-state index contributed by atoms with van der Waals surface area (Å²) >= 11 is 1.36. The van der Waals surface area contributed by atoms with Crippen LogP contribution in [-0.2, 0) is 4.74 Å². The van der Waals surface area contributed by atoms with Gasteiger partial charge in [0, 0.05) is 51.0 Å². The van der Waals surface area contributed by atoms with Gasteiger partial charge in [-0.15, -0.1) is 11.3 Å². The van der Waals surface area contributed by atoms with Crippen molar-refractivity contribution in [3.8, 4) is 10.7 Å². The summed E-state index contributed by atoms with van der Waals surface area (Å²) in [6, 6.07) is 6.21. The van der Waals surface area contributed by atoms with Crippen LogP contribution in [0, 0.1) is 0 Å². The molecular weight excluding hydrogens is 414 g/mol. The number of anilines is 1. The zero-order valence-electron chi connectivity index (χ0n) is 18.1. The first-order chi connectivity index (χ1) is 15.0. The normalized spacial score (nSPS) is 22.9. The van der Waals surface area contributed by atoms with Crippen molar-refractivity contribution in [1.82, 2.24) is 19.9 Å². The van der Waals surface area contributed by atoms with Gasteiger partial charge < -0.3 is 24.0 Å². The van der Waals surface area contributed by atoms with Gasteiger partial charge in [0.15, 0.2) is 5.58 Å². The van der Waals surface area contributed by atoms with E-state index in [0.717, 1.165) is 42.8 Å². The van der Waals surface area contributed by atoms with Crippen molar-refractivity contribution in [3.63, 3.8) is 0 Å². The number of amides is 1. The highest BCUT2D eigenvalue weighted by molar-refractivity contribution is 7.17. The first-order valence-electron chi connectivity index (χ1n) is 10.7. The van der Waals surface area contributed by atoms with E-state index >= 15 is 0 Å². The van der Waals surface area contributed by atoms with Gasteiger partial charge in [-0.25, -0.2) is 4.98 Å². The van der Waals surface area contributed by atoms with Gasteiger partial charge in [0.2, 0.25) is 0 Å². The van der Waals surface area contributed by atoms with Gasteiger partial charge >= 0.3 is 0 Å². The average molecular weight is 442 g/mol. The molecule has 1 amide bonds. The van der Waals surface area contributed by atoms with Crippen LogP contribution in [0.25, 0.3) is 21.7 Å². The fourth-order valence-electron chi connectivity index (χ4n) is 4.32. The zero-order valence-corrected chi connectivity index (χ0v) is 18.9. The summed E-state index contributed by atoms with van der Waals surface area (Å²) in [6.45, 7) is 9.28. The van der Waals surface area contributed by atoms with Crippen molar-refractivity contribution in [2.24, 2.45) is 0 Å². The molecule has 2 aromatic heterocycles. The summed E-state index contributed by atoms with van der Waals surface area (Å²) in [7, 11) is 2.15. The van der Waals surface area contributed by atoms with Crippen LogP contribution in [0.4, 0.5) is 5.69 Å². The molecule has 0 N–H and O–H groups in total. The number of morpholine rings is 1. The highest BCUT2D eigenvalue weighted by atomic mass is 32.1. The van der Waals surface area contributed by atoms with E-state index in [2.05, 4.69) is 33.1 Å². The quantitative estimate of drug-likeness (QED) is 0.619. The van der Waals surface area contributed by atoms with E-state index in [-0.39, 0.29) is 18.1 Å². The second-order valence-electron chi connectivity index (χ2n) is 8.50. The van der Waals surface area contributed by atoms with Gasteiger partial charge in [0.25, 0.3) is 5.91 Å². The maximum Gasteiger partial charge on any atom is 0.265 e. The van der Waals surface area contributed by atoms with Gasteiger partial charge in [-0.05, 0) is 33.0 Å². The highest BCUT2D eigenvalue weighted by Crippen LogP contribution is 2.33. The Balaban J connectivity index is 1.37. The van der Waals surface area contributed by atoms with Gasteiger partial charge in [-0.2, -0.15) is 0 Å². The molecule has 2 fully saturated rings. The fourth-order valence-corrected chi connectivity index (χ4v) is 5.20. The molecular formula is C22H27N5O3S. The first-order valence-corrected chi connectivity index (χ1v) is 11.5. The van der Waals surface area contributed by atoms with Crippen LogP contribution >= 0.6 is 11.3 Å². The molecule has 0 saturated carbocycles. The van der Waals surface area contributed by atoms with Gasteiger partial charge in [-0.1, -0.05) is 5.16 Å². The number of hydrogen-bond donors (Lipinski definition) is 0. The lowest BCUT2D eigenvalue weighted by molar-refractivity contribution is -0.0585. The molecule has 0 bridgehead atoms. The predicted octanol–water partition coefficient (Wildman–Crippen LogP) is 2.95. The van der Waals surface area contributed by atoms with Crippen LogP contribution in [0.15, 0.2) is 28.9 Å². The molecule has 4 heterocycles. The van der Waals surface area contributed by atoms with Gasteiger partial charge in [-0.3, -0.25) is 4.79 Å². The molecule has 0 aliphatic carbocycles. The topological polar surface area (TPSA) is 74.9 Å². The first kappa shape index (κ1) is 20.4. The number of hydrogen-bond acceptors (Lipinski definition) is 8. The second kappa shape index (κ2) is 8.22. The van der Waals surface area contributed by atoms with Crippen LogP contribution < -0.4 is 4.90 Å². The predicted molar refractivity (Wildman–Crippen MR) is 121 cm³/mol. The lowest BCUT2D eigenvalue weighted by Gasteiger charge is -2.34. The van der Waals surface area contributed by atoms with E-state index < -0.39 is 0 Å². The smallest absolute Gasteiger partial charge is 0.265 e. The Morgan fingerprint density at radius 1 is 1.13 bits per heavy atom. The fraction of sp³-hybridized carbons (Fsp3) is 0.500. The maximum absolute atomic E-state index is 13.0. The molecule has 8 nitrogen and oxygen atoms in total. The molecule has 0 radical (unpaired) electrons. The number of rotatable bonds is 3. The van der Waals surface area contributed by atoms with E-state index in [1.165, 1.54) is 11.3 Å². The van der Waals surface area contributed by atoms with E-state index in [1.807, 2.05) is 30.9 Å². The third-order valence-electron chi connectivity index (χ3n) is 5.95. The van der Waals surface area contributed by atoms with Crippen LogP contribution in [0.1, 0.15) is 23.5 Å². The number of carbonyl (C=O) groups excluding carboxylic acids is 1. The lowest BCUT2D eigenvalue weighted by atomic mass is 10.1. The lowest BCUT2D eigenvalue weighted by Crippen LogP contribution is -2.48. The maximum atomic E-state index is 13.0. The number of piperazine rings is 1. The van der Waals surface area contributed by atoms with Crippen LogP contribution in [0.2, 0.25) is 0 Å². The molecule has 3 aromatic rings. The third kappa shape index (κ3) is 4.05. The van der Waals surface area contributed by atoms with Crippen molar-refractivity contribution >= 4 is 33.9 Å². The Bertz CT molecular complexity index is 1080. The monoisotopic (exact) mass is 441 g/mol. The van der Waals surface area contributed by atoms with Crippen molar-refractivity contribution in [2.75, 3.05) is 51.2 Å². The number of nitrogens with zero attached hydrogens (tertiary/aromatic N) is 5. The number of aromatic nitrogens is 2. The molecule has 164 valence electrons. The number of fused-ring (bicyclic) bond motifs is 1. The summed E-state index contributed by atoms with van der Waals surface area (Å²) in [6.07, 6.45) is 1.72. The Morgan fingerprint density at radius 2 is 1.87 bits per heavy atom. The number of thiazole rings is 1. The molecule has 2 saturated heterocycles. The van der Waals surface area contributed by atoms with Crippen LogP contribution in [0.3, 0.4) is 0 Å². The highest BCUT2D eigenvalue weighted by Gasteiger charge is 2.28. The Labute approximate surface area is 185 Å². The standard InChI is InChI=1S/C22H27N5O3S/c1-14-12-27(13-15(2)29-14)22(28)19-11-23-21(31-19)20-17-5-4-16(10-18(17)30-24-20)26-8-6-25(3)7-9-26/h4-5,10-11,14-15H,6-9,12-13H2,1-3H3/t14-,15-/m1/s1. The minimum atomic E-state index is -0.00379. The molecule has 2 atom stereocenters.